The summed E-state index contributed by atoms with van der Waals surface area (Å²) in [4.78, 5) is 36.3. The maximum atomic E-state index is 12.9. The highest BCUT2D eigenvalue weighted by Crippen LogP contribution is 2.08. The minimum atomic E-state index is -0.968. The molecule has 1 atom stereocenters. The molecule has 0 bridgehead atoms. The van der Waals surface area contributed by atoms with E-state index in [0.29, 0.717) is 0 Å². The number of alkyl carbamates (subject to hydrolysis) is 1. The first kappa shape index (κ1) is 21.1. The number of ketones is 1. The molecule has 1 unspecified atom stereocenters. The number of esters is 1. The van der Waals surface area contributed by atoms with Gasteiger partial charge in [0.25, 0.3) is 0 Å². The van der Waals surface area contributed by atoms with Crippen molar-refractivity contribution >= 4 is 17.8 Å². The third-order valence-electron chi connectivity index (χ3n) is 3.92. The Hall–Kier alpha value is -3.22. The van der Waals surface area contributed by atoms with Crippen molar-refractivity contribution in [3.05, 3.63) is 71.5 Å². The van der Waals surface area contributed by atoms with Crippen molar-refractivity contribution in [1.29, 1.82) is 0 Å². The van der Waals surface area contributed by atoms with Crippen LogP contribution in [0.3, 0.4) is 0 Å². The molecule has 0 aliphatic carbocycles. The lowest BCUT2D eigenvalue weighted by atomic mass is 10.1. The van der Waals surface area contributed by atoms with Crippen LogP contribution in [0.5, 0.6) is 0 Å². The average Bonchev–Trinajstić information content (AvgIpc) is 2.69. The van der Waals surface area contributed by atoms with E-state index in [0.717, 1.165) is 17.7 Å². The van der Waals surface area contributed by atoms with Gasteiger partial charge in [-0.2, -0.15) is 0 Å². The Labute approximate surface area is 162 Å². The van der Waals surface area contributed by atoms with Gasteiger partial charge in [-0.15, -0.1) is 0 Å². The summed E-state index contributed by atoms with van der Waals surface area (Å²) in [6.45, 7) is 3.01. The van der Waals surface area contributed by atoms with Crippen LogP contribution in [0.25, 0.3) is 0 Å². The van der Waals surface area contributed by atoms with Gasteiger partial charge in [0.05, 0.1) is 0 Å². The van der Waals surface area contributed by atoms with Crippen LogP contribution in [-0.2, 0) is 20.9 Å². The van der Waals surface area contributed by atoms with Gasteiger partial charge in [0.15, 0.2) is 12.4 Å². The molecule has 2 rings (SSSR count). The topological polar surface area (TPSA) is 81.7 Å². The summed E-state index contributed by atoms with van der Waals surface area (Å²) in [5.41, 5.74) is 1.04. The van der Waals surface area contributed by atoms with Crippen LogP contribution in [0.4, 0.5) is 9.18 Å². The van der Waals surface area contributed by atoms with Gasteiger partial charge in [0.1, 0.15) is 18.5 Å². The summed E-state index contributed by atoms with van der Waals surface area (Å²) in [5, 5.41) is 2.46. The van der Waals surface area contributed by atoms with Gasteiger partial charge in [-0.3, -0.25) is 4.79 Å². The molecule has 7 heteroatoms. The Bertz CT molecular complexity index is 805. The van der Waals surface area contributed by atoms with Crippen molar-refractivity contribution in [2.75, 3.05) is 6.61 Å². The van der Waals surface area contributed by atoms with Crippen molar-refractivity contribution in [3.63, 3.8) is 0 Å². The number of rotatable bonds is 8. The van der Waals surface area contributed by atoms with E-state index in [4.69, 9.17) is 9.47 Å². The number of benzene rings is 2. The Morgan fingerprint density at radius 3 is 2.21 bits per heavy atom. The second-order valence-corrected chi connectivity index (χ2v) is 6.47. The predicted octanol–water partition coefficient (Wildman–Crippen LogP) is 3.50. The van der Waals surface area contributed by atoms with Crippen LogP contribution in [-0.4, -0.2) is 30.5 Å². The molecule has 0 heterocycles. The highest BCUT2D eigenvalue weighted by Gasteiger charge is 2.27. The molecule has 0 spiro atoms. The van der Waals surface area contributed by atoms with E-state index >= 15 is 0 Å². The fourth-order valence-electron chi connectivity index (χ4n) is 2.34. The molecule has 0 saturated heterocycles. The molecule has 6 nitrogen and oxygen atoms in total. The first-order chi connectivity index (χ1) is 13.4. The monoisotopic (exact) mass is 387 g/mol. The minimum Gasteiger partial charge on any atom is -0.456 e. The zero-order chi connectivity index (χ0) is 20.5. The second kappa shape index (κ2) is 10.2. The third-order valence-corrected chi connectivity index (χ3v) is 3.92. The van der Waals surface area contributed by atoms with E-state index in [2.05, 4.69) is 5.32 Å². The van der Waals surface area contributed by atoms with Crippen LogP contribution in [0.1, 0.15) is 29.8 Å². The van der Waals surface area contributed by atoms with Crippen LogP contribution < -0.4 is 5.32 Å². The van der Waals surface area contributed by atoms with Crippen LogP contribution in [0.15, 0.2) is 54.6 Å². The number of carbonyl (C=O) groups is 3. The number of carbonyl (C=O) groups excluding carboxylic acids is 3. The molecule has 0 fully saturated rings. The van der Waals surface area contributed by atoms with E-state index in [9.17, 15) is 18.8 Å². The highest BCUT2D eigenvalue weighted by molar-refractivity contribution is 5.98. The smallest absolute Gasteiger partial charge is 0.408 e. The summed E-state index contributed by atoms with van der Waals surface area (Å²) < 4.78 is 23.0. The first-order valence-electron chi connectivity index (χ1n) is 8.79. The molecule has 0 saturated carbocycles. The first-order valence-corrected chi connectivity index (χ1v) is 8.79. The molecular formula is C21H22FNO5. The summed E-state index contributed by atoms with van der Waals surface area (Å²) in [6, 6.07) is 13.1. The number of Topliss-reactive ketones (excluding diaryl/α,β-unsaturated/α-hetero) is 1. The zero-order valence-corrected chi connectivity index (χ0v) is 15.7. The van der Waals surface area contributed by atoms with Crippen LogP contribution >= 0.6 is 0 Å². The van der Waals surface area contributed by atoms with Gasteiger partial charge >= 0.3 is 12.1 Å². The van der Waals surface area contributed by atoms with Crippen molar-refractivity contribution in [1.82, 2.24) is 5.32 Å². The number of hydrogen-bond acceptors (Lipinski definition) is 5. The number of amides is 1. The largest absolute Gasteiger partial charge is 0.456 e. The van der Waals surface area contributed by atoms with E-state index in [1.165, 1.54) is 12.1 Å². The van der Waals surface area contributed by atoms with Gasteiger partial charge in [-0.25, -0.2) is 14.0 Å². The number of nitrogens with one attached hydrogen (secondary N) is 1. The van der Waals surface area contributed by atoms with E-state index in [1.807, 2.05) is 30.3 Å². The summed E-state index contributed by atoms with van der Waals surface area (Å²) in [7, 11) is 0. The summed E-state index contributed by atoms with van der Waals surface area (Å²) in [5.74, 6) is -1.96. The van der Waals surface area contributed by atoms with E-state index < -0.39 is 36.3 Å². The molecule has 0 radical (unpaired) electrons. The van der Waals surface area contributed by atoms with Gasteiger partial charge in [-0.05, 0) is 35.7 Å². The van der Waals surface area contributed by atoms with Gasteiger partial charge < -0.3 is 14.8 Å². The van der Waals surface area contributed by atoms with Crippen molar-refractivity contribution < 1.29 is 28.2 Å². The minimum absolute atomic E-state index is 0.0651. The lowest BCUT2D eigenvalue weighted by molar-refractivity contribution is -0.146. The Morgan fingerprint density at radius 1 is 0.964 bits per heavy atom. The van der Waals surface area contributed by atoms with E-state index in [1.54, 1.807) is 13.8 Å². The molecule has 0 aromatic heterocycles. The molecule has 0 aliphatic rings. The number of ether oxygens (including phenoxy) is 2. The molecule has 2 aromatic carbocycles. The van der Waals surface area contributed by atoms with Crippen molar-refractivity contribution in [2.24, 2.45) is 5.92 Å². The van der Waals surface area contributed by atoms with E-state index in [-0.39, 0.29) is 18.1 Å². The lowest BCUT2D eigenvalue weighted by Gasteiger charge is -2.20. The second-order valence-electron chi connectivity index (χ2n) is 6.47. The van der Waals surface area contributed by atoms with Gasteiger partial charge in [-0.1, -0.05) is 44.2 Å². The highest BCUT2D eigenvalue weighted by atomic mass is 19.1. The maximum absolute atomic E-state index is 12.9. The normalized spacial score (nSPS) is 11.6. The molecular weight excluding hydrogens is 365 g/mol. The predicted molar refractivity (Wildman–Crippen MR) is 100 cm³/mol. The maximum Gasteiger partial charge on any atom is 0.408 e. The molecule has 28 heavy (non-hydrogen) atoms. The van der Waals surface area contributed by atoms with Crippen LogP contribution in [0, 0.1) is 11.7 Å². The molecule has 2 aromatic rings. The zero-order valence-electron chi connectivity index (χ0n) is 15.7. The van der Waals surface area contributed by atoms with Crippen molar-refractivity contribution in [3.8, 4) is 0 Å². The Balaban J connectivity index is 1.85. The SMILES string of the molecule is CC(C)C(NC(=O)OCc1ccccc1)C(=O)OCC(=O)c1ccc(F)cc1. The molecule has 1 N–H and O–H groups in total. The molecule has 0 aliphatic heterocycles. The fourth-order valence-corrected chi connectivity index (χ4v) is 2.34. The Kier molecular flexibility index (Phi) is 7.68. The Morgan fingerprint density at radius 2 is 1.61 bits per heavy atom. The average molecular weight is 387 g/mol. The standard InChI is InChI=1S/C21H22FNO5/c1-14(2)19(23-21(26)28-12-15-6-4-3-5-7-15)20(25)27-13-18(24)16-8-10-17(22)11-9-16/h3-11,14,19H,12-13H2,1-2H3,(H,23,26). The number of hydrogen-bond donors (Lipinski definition) is 1. The van der Waals surface area contributed by atoms with Gasteiger partial charge in [0.2, 0.25) is 0 Å². The molecule has 148 valence electrons. The number of halogens is 1. The van der Waals surface area contributed by atoms with Gasteiger partial charge in [0, 0.05) is 5.56 Å². The molecule has 1 amide bonds. The van der Waals surface area contributed by atoms with Crippen molar-refractivity contribution in [2.45, 2.75) is 26.5 Å². The lowest BCUT2D eigenvalue weighted by Crippen LogP contribution is -2.45. The fraction of sp³-hybridized carbons (Fsp3) is 0.286. The quantitative estimate of drug-likeness (QED) is 0.554. The summed E-state index contributed by atoms with van der Waals surface area (Å²) in [6.07, 6.45) is -0.760. The summed E-state index contributed by atoms with van der Waals surface area (Å²) >= 11 is 0. The third kappa shape index (κ3) is 6.50. The van der Waals surface area contributed by atoms with Crippen LogP contribution in [0.2, 0.25) is 0 Å².